The highest BCUT2D eigenvalue weighted by Crippen LogP contribution is 2.37. The van der Waals surface area contributed by atoms with Gasteiger partial charge in [-0.2, -0.15) is 0 Å². The van der Waals surface area contributed by atoms with Crippen molar-refractivity contribution in [3.8, 4) is 17.0 Å². The van der Waals surface area contributed by atoms with Crippen molar-refractivity contribution < 1.29 is 23.0 Å². The second-order valence-electron chi connectivity index (χ2n) is 8.33. The molecule has 180 valence electrons. The number of carbonyl (C=O) groups is 1. The van der Waals surface area contributed by atoms with E-state index < -0.39 is 17.3 Å². The van der Waals surface area contributed by atoms with E-state index in [0.717, 1.165) is 5.39 Å². The smallest absolute Gasteiger partial charge is 0.344 e. The number of carbonyl (C=O) groups excluding carboxylic acids is 1. The number of aromatic amines is 1. The van der Waals surface area contributed by atoms with Crippen molar-refractivity contribution in [1.29, 1.82) is 0 Å². The van der Waals surface area contributed by atoms with Crippen LogP contribution < -0.4 is 15.1 Å². The summed E-state index contributed by atoms with van der Waals surface area (Å²) < 4.78 is 38.6. The molecule has 3 aromatic rings. The minimum absolute atomic E-state index is 0.0107. The van der Waals surface area contributed by atoms with Crippen LogP contribution >= 0.6 is 0 Å². The number of halogens is 2. The quantitative estimate of drug-likeness (QED) is 0.543. The maximum atomic E-state index is 14.1. The van der Waals surface area contributed by atoms with Crippen LogP contribution in [0.4, 0.5) is 14.6 Å². The lowest BCUT2D eigenvalue weighted by Gasteiger charge is -2.25. The number of benzene rings is 1. The van der Waals surface area contributed by atoms with Gasteiger partial charge in [0.15, 0.2) is 5.75 Å². The fourth-order valence-corrected chi connectivity index (χ4v) is 4.36. The van der Waals surface area contributed by atoms with E-state index in [4.69, 9.17) is 14.5 Å². The Kier molecular flexibility index (Phi) is 6.54. The molecule has 1 aromatic carbocycles. The van der Waals surface area contributed by atoms with Gasteiger partial charge in [-0.1, -0.05) is 18.2 Å². The second-order valence-corrected chi connectivity index (χ2v) is 8.33. The van der Waals surface area contributed by atoms with Crippen LogP contribution in [0.3, 0.4) is 0 Å². The molecule has 0 bridgehead atoms. The summed E-state index contributed by atoms with van der Waals surface area (Å²) >= 11 is 0. The van der Waals surface area contributed by atoms with Crippen LogP contribution in [0.15, 0.2) is 35.1 Å². The van der Waals surface area contributed by atoms with Gasteiger partial charge in [-0.15, -0.1) is 0 Å². The number of ether oxygens (including phenoxy) is 2. The number of H-pyrrole nitrogens is 1. The van der Waals surface area contributed by atoms with Gasteiger partial charge in [-0.05, 0) is 32.4 Å². The van der Waals surface area contributed by atoms with Crippen molar-refractivity contribution in [3.63, 3.8) is 0 Å². The third-order valence-electron chi connectivity index (χ3n) is 6.01. The summed E-state index contributed by atoms with van der Waals surface area (Å²) in [6.07, 6.45) is -0.202. The summed E-state index contributed by atoms with van der Waals surface area (Å²) in [7, 11) is 1.35. The van der Waals surface area contributed by atoms with Gasteiger partial charge < -0.3 is 19.4 Å². The number of aryl methyl sites for hydroxylation is 1. The number of aromatic nitrogens is 2. The van der Waals surface area contributed by atoms with E-state index in [1.165, 1.54) is 7.11 Å². The molecule has 0 atom stereocenters. The lowest BCUT2D eigenvalue weighted by atomic mass is 10.0. The normalized spacial score (nSPS) is 15.7. The van der Waals surface area contributed by atoms with Gasteiger partial charge in [-0.3, -0.25) is 4.79 Å². The second kappa shape index (κ2) is 9.40. The molecule has 34 heavy (non-hydrogen) atoms. The first kappa shape index (κ1) is 23.7. The average molecular weight is 472 g/mol. The van der Waals surface area contributed by atoms with E-state index in [1.807, 2.05) is 30.3 Å². The molecule has 0 saturated carbocycles. The summed E-state index contributed by atoms with van der Waals surface area (Å²) in [4.78, 5) is 35.9. The van der Waals surface area contributed by atoms with Crippen molar-refractivity contribution in [2.24, 2.45) is 0 Å². The van der Waals surface area contributed by atoms with E-state index >= 15 is 0 Å². The van der Waals surface area contributed by atoms with E-state index in [0.29, 0.717) is 35.6 Å². The Morgan fingerprint density at radius 2 is 2.00 bits per heavy atom. The summed E-state index contributed by atoms with van der Waals surface area (Å²) in [5.41, 5.74) is 0.997. The molecule has 0 spiro atoms. The van der Waals surface area contributed by atoms with E-state index in [2.05, 4.69) is 4.98 Å². The summed E-state index contributed by atoms with van der Waals surface area (Å²) in [5, 5.41) is 0.783. The van der Waals surface area contributed by atoms with E-state index in [9.17, 15) is 18.4 Å². The Morgan fingerprint density at radius 3 is 2.74 bits per heavy atom. The summed E-state index contributed by atoms with van der Waals surface area (Å²) in [5.74, 6) is -3.09. The van der Waals surface area contributed by atoms with Crippen molar-refractivity contribution in [1.82, 2.24) is 9.97 Å². The van der Waals surface area contributed by atoms with Crippen LogP contribution in [0.5, 0.6) is 5.75 Å². The van der Waals surface area contributed by atoms with Gasteiger partial charge in [-0.25, -0.2) is 18.6 Å². The highest BCUT2D eigenvalue weighted by molar-refractivity contribution is 6.00. The Bertz CT molecular complexity index is 1290. The van der Waals surface area contributed by atoms with E-state index in [1.54, 1.807) is 18.7 Å². The molecule has 1 aliphatic heterocycles. The Balaban J connectivity index is 1.99. The zero-order chi connectivity index (χ0) is 24.5. The lowest BCUT2D eigenvalue weighted by Crippen LogP contribution is -2.28. The fraction of sp³-hybridized carbons (Fsp3) is 0.400. The van der Waals surface area contributed by atoms with Gasteiger partial charge in [0.2, 0.25) is 11.4 Å². The first-order chi connectivity index (χ1) is 16.3. The largest absolute Gasteiger partial charge is 0.491 e. The molecule has 0 amide bonds. The molecule has 1 N–H and O–H groups in total. The molecule has 9 heteroatoms. The third kappa shape index (κ3) is 4.47. The number of hydrogen-bond donors (Lipinski definition) is 1. The molecule has 0 aliphatic carbocycles. The van der Waals surface area contributed by atoms with Crippen molar-refractivity contribution in [2.75, 3.05) is 31.7 Å². The maximum Gasteiger partial charge on any atom is 0.344 e. The van der Waals surface area contributed by atoms with Crippen LogP contribution in [0.2, 0.25) is 0 Å². The first-order valence-electron chi connectivity index (χ1n) is 11.3. The highest BCUT2D eigenvalue weighted by Gasteiger charge is 2.33. The monoisotopic (exact) mass is 471 g/mol. The van der Waals surface area contributed by atoms with Crippen molar-refractivity contribution in [3.05, 3.63) is 51.8 Å². The minimum Gasteiger partial charge on any atom is -0.491 e. The zero-order valence-corrected chi connectivity index (χ0v) is 19.4. The van der Waals surface area contributed by atoms with Crippen LogP contribution in [-0.2, 0) is 4.74 Å². The number of anilines is 1. The third-order valence-corrected chi connectivity index (χ3v) is 6.01. The van der Waals surface area contributed by atoms with E-state index in [-0.39, 0.29) is 43.0 Å². The van der Waals surface area contributed by atoms with Crippen LogP contribution in [-0.4, -0.2) is 48.7 Å². The Morgan fingerprint density at radius 1 is 1.24 bits per heavy atom. The van der Waals surface area contributed by atoms with Crippen LogP contribution in [0, 0.1) is 6.92 Å². The predicted molar refractivity (Wildman–Crippen MR) is 126 cm³/mol. The Labute approximate surface area is 195 Å². The van der Waals surface area contributed by atoms with Gasteiger partial charge >= 0.3 is 5.97 Å². The standard InChI is InChI=1S/C25H27F2N3O4/c1-4-34-24(32)19-20(28-15(2)22(33-3)21(19)31)17-14-16-8-5-6-9-18(16)29-23(17)30-12-7-10-25(26,27)11-13-30/h5-6,8-9,14H,4,7,10-13H2,1-3H3,(H,28,31). The predicted octanol–water partition coefficient (Wildman–Crippen LogP) is 4.71. The minimum atomic E-state index is -2.74. The topological polar surface area (TPSA) is 84.5 Å². The number of methoxy groups -OCH3 is 1. The molecule has 2 aromatic heterocycles. The summed E-state index contributed by atoms with van der Waals surface area (Å²) in [6.45, 7) is 3.87. The van der Waals surface area contributed by atoms with Crippen molar-refractivity contribution >= 4 is 22.7 Å². The molecule has 0 radical (unpaired) electrons. The molecular formula is C25H27F2N3O4. The number of nitrogens with one attached hydrogen (secondary N) is 1. The van der Waals surface area contributed by atoms with Crippen LogP contribution in [0.25, 0.3) is 22.2 Å². The Hall–Kier alpha value is -3.49. The van der Waals surface area contributed by atoms with Crippen molar-refractivity contribution in [2.45, 2.75) is 39.0 Å². The van der Waals surface area contributed by atoms with Crippen LogP contribution in [0.1, 0.15) is 42.2 Å². The number of fused-ring (bicyclic) bond motifs is 1. The number of hydrogen-bond acceptors (Lipinski definition) is 6. The molecule has 1 saturated heterocycles. The van der Waals surface area contributed by atoms with Gasteiger partial charge in [0.05, 0.1) is 30.6 Å². The average Bonchev–Trinajstić information content (AvgIpc) is 2.98. The number of esters is 1. The number of rotatable bonds is 5. The molecule has 4 rings (SSSR count). The first-order valence-corrected chi connectivity index (χ1v) is 11.3. The molecular weight excluding hydrogens is 444 g/mol. The molecule has 7 nitrogen and oxygen atoms in total. The lowest BCUT2D eigenvalue weighted by molar-refractivity contribution is -0.0102. The number of nitrogens with zero attached hydrogens (tertiary/aromatic N) is 2. The van der Waals surface area contributed by atoms with Gasteiger partial charge in [0.25, 0.3) is 0 Å². The molecule has 0 unspecified atom stereocenters. The molecule has 3 heterocycles. The maximum absolute atomic E-state index is 14.1. The number of pyridine rings is 2. The highest BCUT2D eigenvalue weighted by atomic mass is 19.3. The zero-order valence-electron chi connectivity index (χ0n) is 19.4. The summed E-state index contributed by atoms with van der Waals surface area (Å²) in [6, 6.07) is 9.22. The van der Waals surface area contributed by atoms with Gasteiger partial charge in [0, 0.05) is 36.9 Å². The SMILES string of the molecule is CCOC(=O)c1c(-c2cc3ccccc3nc2N2CCCC(F)(F)CC2)[nH]c(C)c(OC)c1=O. The number of alkyl halides is 2. The molecule has 1 fully saturated rings. The van der Waals surface area contributed by atoms with Gasteiger partial charge in [0.1, 0.15) is 11.4 Å². The number of para-hydroxylation sites is 1. The fourth-order valence-electron chi connectivity index (χ4n) is 4.36. The molecule has 1 aliphatic rings.